The lowest BCUT2D eigenvalue weighted by molar-refractivity contribution is 0.0940. The van der Waals surface area contributed by atoms with Crippen molar-refractivity contribution in [3.8, 4) is 6.07 Å². The van der Waals surface area contributed by atoms with Crippen molar-refractivity contribution in [2.24, 2.45) is 5.92 Å². The Morgan fingerprint density at radius 2 is 2.38 bits per heavy atom. The predicted octanol–water partition coefficient (Wildman–Crippen LogP) is 0.862. The van der Waals surface area contributed by atoms with Gasteiger partial charge in [-0.05, 0) is 24.6 Å². The van der Waals surface area contributed by atoms with Gasteiger partial charge in [-0.1, -0.05) is 6.07 Å². The molecule has 3 N–H and O–H groups in total. The third kappa shape index (κ3) is 4.16. The van der Waals surface area contributed by atoms with Crippen molar-refractivity contribution < 1.29 is 9.90 Å². The Labute approximate surface area is 122 Å². The van der Waals surface area contributed by atoms with Gasteiger partial charge >= 0.3 is 0 Å². The summed E-state index contributed by atoms with van der Waals surface area (Å²) in [7, 11) is 0. The third-order valence-corrected chi connectivity index (χ3v) is 3.10. The molecule has 0 aromatic carbocycles. The SMILES string of the molecule is N#Cc1cc(C(=O)NCC(CO)Cc2ccccn2)c[nH]1. The van der Waals surface area contributed by atoms with Gasteiger partial charge in [-0.2, -0.15) is 5.26 Å². The van der Waals surface area contributed by atoms with Gasteiger partial charge in [-0.15, -0.1) is 0 Å². The molecule has 2 heterocycles. The number of nitrogens with zero attached hydrogens (tertiary/aromatic N) is 2. The summed E-state index contributed by atoms with van der Waals surface area (Å²) in [6.07, 6.45) is 3.78. The van der Waals surface area contributed by atoms with E-state index in [1.165, 1.54) is 12.3 Å². The maximum atomic E-state index is 11.9. The number of H-pyrrole nitrogens is 1. The van der Waals surface area contributed by atoms with Crippen LogP contribution in [-0.2, 0) is 6.42 Å². The molecule has 1 amide bonds. The number of pyridine rings is 1. The molecule has 1 atom stereocenters. The van der Waals surface area contributed by atoms with Crippen LogP contribution in [0.2, 0.25) is 0 Å². The Hall–Kier alpha value is -2.65. The highest BCUT2D eigenvalue weighted by Crippen LogP contribution is 2.06. The monoisotopic (exact) mass is 284 g/mol. The number of amides is 1. The van der Waals surface area contributed by atoms with Crippen LogP contribution in [0.3, 0.4) is 0 Å². The molecule has 0 saturated heterocycles. The summed E-state index contributed by atoms with van der Waals surface area (Å²) in [6, 6.07) is 9.02. The number of nitrogens with one attached hydrogen (secondary N) is 2. The zero-order valence-corrected chi connectivity index (χ0v) is 11.4. The van der Waals surface area contributed by atoms with E-state index in [4.69, 9.17) is 5.26 Å². The normalized spacial score (nSPS) is 11.6. The highest BCUT2D eigenvalue weighted by molar-refractivity contribution is 5.94. The van der Waals surface area contributed by atoms with Gasteiger partial charge in [0.25, 0.3) is 5.91 Å². The highest BCUT2D eigenvalue weighted by atomic mass is 16.3. The van der Waals surface area contributed by atoms with Crippen molar-refractivity contribution in [2.45, 2.75) is 6.42 Å². The number of aliphatic hydroxyl groups excluding tert-OH is 1. The summed E-state index contributed by atoms with van der Waals surface area (Å²) in [6.45, 7) is 0.312. The van der Waals surface area contributed by atoms with Crippen LogP contribution in [0, 0.1) is 17.2 Å². The van der Waals surface area contributed by atoms with Crippen molar-refractivity contribution in [2.75, 3.05) is 13.2 Å². The van der Waals surface area contributed by atoms with Crippen LogP contribution in [-0.4, -0.2) is 34.1 Å². The molecule has 2 aromatic heterocycles. The van der Waals surface area contributed by atoms with Gasteiger partial charge in [0, 0.05) is 37.2 Å². The molecule has 1 unspecified atom stereocenters. The number of aromatic amines is 1. The summed E-state index contributed by atoms with van der Waals surface area (Å²) in [5.74, 6) is -0.370. The van der Waals surface area contributed by atoms with Gasteiger partial charge in [0.1, 0.15) is 11.8 Å². The van der Waals surface area contributed by atoms with Gasteiger partial charge in [0.2, 0.25) is 0 Å². The van der Waals surface area contributed by atoms with Crippen LogP contribution in [0.15, 0.2) is 36.7 Å². The molecule has 108 valence electrons. The summed E-state index contributed by atoms with van der Waals surface area (Å²) in [5, 5.41) is 20.8. The molecule has 2 rings (SSSR count). The van der Waals surface area contributed by atoms with E-state index >= 15 is 0 Å². The highest BCUT2D eigenvalue weighted by Gasteiger charge is 2.13. The largest absolute Gasteiger partial charge is 0.396 e. The maximum absolute atomic E-state index is 11.9. The molecule has 0 aliphatic heterocycles. The zero-order valence-electron chi connectivity index (χ0n) is 11.4. The molecule has 0 aliphatic rings. The molecule has 0 fully saturated rings. The van der Waals surface area contributed by atoms with E-state index in [0.717, 1.165) is 5.69 Å². The Morgan fingerprint density at radius 3 is 3.00 bits per heavy atom. The topological polar surface area (TPSA) is 102 Å². The maximum Gasteiger partial charge on any atom is 0.252 e. The number of aliphatic hydroxyl groups is 1. The minimum Gasteiger partial charge on any atom is -0.396 e. The first-order valence-corrected chi connectivity index (χ1v) is 6.60. The summed E-state index contributed by atoms with van der Waals surface area (Å²) >= 11 is 0. The third-order valence-electron chi connectivity index (χ3n) is 3.10. The van der Waals surface area contributed by atoms with E-state index in [2.05, 4.69) is 15.3 Å². The first-order valence-electron chi connectivity index (χ1n) is 6.60. The van der Waals surface area contributed by atoms with Gasteiger partial charge in [-0.25, -0.2) is 0 Å². The first kappa shape index (κ1) is 14.8. The molecule has 0 spiro atoms. The number of carbonyl (C=O) groups excluding carboxylic acids is 1. The molecule has 6 heteroatoms. The fourth-order valence-electron chi connectivity index (χ4n) is 1.94. The van der Waals surface area contributed by atoms with Crippen LogP contribution >= 0.6 is 0 Å². The van der Waals surface area contributed by atoms with Crippen molar-refractivity contribution in [3.05, 3.63) is 53.6 Å². The Kier molecular flexibility index (Phi) is 5.07. The van der Waals surface area contributed by atoms with E-state index in [1.54, 1.807) is 6.20 Å². The number of rotatable bonds is 6. The predicted molar refractivity (Wildman–Crippen MR) is 76.4 cm³/mol. The van der Waals surface area contributed by atoms with Gasteiger partial charge in [0.05, 0.1) is 5.56 Å². The lowest BCUT2D eigenvalue weighted by atomic mass is 10.0. The fourth-order valence-corrected chi connectivity index (χ4v) is 1.94. The number of nitriles is 1. The van der Waals surface area contributed by atoms with Gasteiger partial charge in [-0.3, -0.25) is 9.78 Å². The zero-order chi connectivity index (χ0) is 15.1. The van der Waals surface area contributed by atoms with Crippen LogP contribution in [0.25, 0.3) is 0 Å². The quantitative estimate of drug-likeness (QED) is 0.732. The minimum atomic E-state index is -0.271. The molecule has 0 aliphatic carbocycles. The van der Waals surface area contributed by atoms with Crippen LogP contribution in [0.1, 0.15) is 21.7 Å². The molecule has 6 nitrogen and oxygen atoms in total. The Morgan fingerprint density at radius 1 is 1.52 bits per heavy atom. The van der Waals surface area contributed by atoms with Crippen molar-refractivity contribution in [1.82, 2.24) is 15.3 Å². The average Bonchev–Trinajstić information content (AvgIpc) is 3.01. The van der Waals surface area contributed by atoms with E-state index in [1.807, 2.05) is 24.3 Å². The summed E-state index contributed by atoms with van der Waals surface area (Å²) in [4.78, 5) is 18.8. The fraction of sp³-hybridized carbons (Fsp3) is 0.267. The van der Waals surface area contributed by atoms with E-state index in [9.17, 15) is 9.90 Å². The van der Waals surface area contributed by atoms with Crippen molar-refractivity contribution >= 4 is 5.91 Å². The number of hydrogen-bond donors (Lipinski definition) is 3. The van der Waals surface area contributed by atoms with Gasteiger partial charge < -0.3 is 15.4 Å². The van der Waals surface area contributed by atoms with E-state index in [-0.39, 0.29) is 18.4 Å². The Bertz CT molecular complexity index is 631. The smallest absolute Gasteiger partial charge is 0.252 e. The molecule has 0 radical (unpaired) electrons. The van der Waals surface area contributed by atoms with Crippen LogP contribution in [0.4, 0.5) is 0 Å². The second kappa shape index (κ2) is 7.22. The molecule has 21 heavy (non-hydrogen) atoms. The Balaban J connectivity index is 1.88. The summed E-state index contributed by atoms with van der Waals surface area (Å²) in [5.41, 5.74) is 1.62. The molecule has 2 aromatic rings. The lowest BCUT2D eigenvalue weighted by Gasteiger charge is -2.14. The van der Waals surface area contributed by atoms with Crippen LogP contribution in [0.5, 0.6) is 0 Å². The second-order valence-electron chi connectivity index (χ2n) is 4.70. The number of hydrogen-bond acceptors (Lipinski definition) is 4. The molecular formula is C15H16N4O2. The number of carbonyl (C=O) groups is 1. The number of aromatic nitrogens is 2. The van der Waals surface area contributed by atoms with Crippen molar-refractivity contribution in [1.29, 1.82) is 5.26 Å². The molecule has 0 bridgehead atoms. The lowest BCUT2D eigenvalue weighted by Crippen LogP contribution is -2.31. The molecule has 0 saturated carbocycles. The summed E-state index contributed by atoms with van der Waals surface area (Å²) < 4.78 is 0. The van der Waals surface area contributed by atoms with Gasteiger partial charge in [0.15, 0.2) is 0 Å². The van der Waals surface area contributed by atoms with E-state index < -0.39 is 0 Å². The average molecular weight is 284 g/mol. The van der Waals surface area contributed by atoms with E-state index in [0.29, 0.717) is 24.2 Å². The van der Waals surface area contributed by atoms with Crippen molar-refractivity contribution in [3.63, 3.8) is 0 Å². The van der Waals surface area contributed by atoms with Crippen LogP contribution < -0.4 is 5.32 Å². The molecular weight excluding hydrogens is 268 g/mol. The first-order chi connectivity index (χ1) is 10.2. The minimum absolute atomic E-state index is 0.0343. The second-order valence-corrected chi connectivity index (χ2v) is 4.70. The standard InChI is InChI=1S/C15H16N4O2/c16-7-14-6-12(9-18-14)15(21)19-8-11(10-20)5-13-3-1-2-4-17-13/h1-4,6,9,11,18,20H,5,8,10H2,(H,19,21).